The molecule has 10 rings (SSSR count). The van der Waals surface area contributed by atoms with Gasteiger partial charge in [0.2, 0.25) is 0 Å². The van der Waals surface area contributed by atoms with E-state index < -0.39 is 39.0 Å². The molecule has 8 fully saturated rings. The van der Waals surface area contributed by atoms with Crippen molar-refractivity contribution < 1.29 is 37.9 Å². The SMILES string of the molecule is COc1cc(C)ccc1P1C2(C)CC3(C)OC(C)(CC1(C)O3)O2.COc1ccc(P2C3(C)CC4(C)OC(C)(CC2(C)O4)O3)c(C)c1. The molecule has 2 aromatic carbocycles. The van der Waals surface area contributed by atoms with E-state index in [-0.39, 0.29) is 21.4 Å². The van der Waals surface area contributed by atoms with Crippen LogP contribution in [0.4, 0.5) is 0 Å². The number of methoxy groups -OCH3 is 2. The van der Waals surface area contributed by atoms with Gasteiger partial charge in [0.15, 0.2) is 23.1 Å². The Balaban J connectivity index is 0.000000147. The van der Waals surface area contributed by atoms with E-state index >= 15 is 0 Å². The first-order valence-corrected chi connectivity index (χ1v) is 19.0. The van der Waals surface area contributed by atoms with E-state index in [4.69, 9.17) is 37.9 Å². The van der Waals surface area contributed by atoms with E-state index in [2.05, 4.69) is 85.7 Å². The molecule has 8 atom stereocenters. The van der Waals surface area contributed by atoms with Crippen LogP contribution in [0.2, 0.25) is 0 Å². The first kappa shape index (κ1) is 33.2. The molecular weight excluding hydrogens is 622 g/mol. The van der Waals surface area contributed by atoms with Crippen LogP contribution < -0.4 is 20.1 Å². The van der Waals surface area contributed by atoms with Gasteiger partial charge in [-0.3, -0.25) is 0 Å². The average molecular weight is 673 g/mol. The van der Waals surface area contributed by atoms with Gasteiger partial charge >= 0.3 is 0 Å². The molecule has 0 saturated carbocycles. The Kier molecular flexibility index (Phi) is 7.29. The van der Waals surface area contributed by atoms with Crippen molar-refractivity contribution in [2.45, 2.75) is 139 Å². The van der Waals surface area contributed by atoms with Crippen molar-refractivity contribution in [3.63, 3.8) is 0 Å². The summed E-state index contributed by atoms with van der Waals surface area (Å²) in [4.78, 5) is 0. The zero-order valence-corrected chi connectivity index (χ0v) is 31.2. The van der Waals surface area contributed by atoms with Gasteiger partial charge in [-0.1, -0.05) is 18.2 Å². The molecule has 0 aliphatic carbocycles. The number of benzene rings is 2. The fraction of sp³-hybridized carbons (Fsp3) is 0.667. The number of rotatable bonds is 4. The lowest BCUT2D eigenvalue weighted by Crippen LogP contribution is -2.72. The first-order valence-electron chi connectivity index (χ1n) is 16.3. The average Bonchev–Trinajstić information content (AvgIpc) is 2.85. The molecular formula is C36H50O8P2. The number of aryl methyl sites for hydroxylation is 2. The Bertz CT molecular complexity index is 1490. The molecule has 0 aromatic heterocycles. The molecule has 8 saturated heterocycles. The van der Waals surface area contributed by atoms with Gasteiger partial charge < -0.3 is 37.9 Å². The second-order valence-corrected chi connectivity index (χ2v) is 21.6. The van der Waals surface area contributed by atoms with Gasteiger partial charge in [-0.05, 0) is 120 Å². The fourth-order valence-electron chi connectivity index (χ4n) is 10.2. The Morgan fingerprint density at radius 2 is 0.935 bits per heavy atom. The van der Waals surface area contributed by atoms with Crippen LogP contribution in [0.5, 0.6) is 11.5 Å². The summed E-state index contributed by atoms with van der Waals surface area (Å²) in [5, 5.41) is 1.56. The molecule has 252 valence electrons. The van der Waals surface area contributed by atoms with Crippen LogP contribution in [-0.4, -0.2) is 58.7 Å². The van der Waals surface area contributed by atoms with Crippen molar-refractivity contribution in [2.75, 3.05) is 14.2 Å². The molecule has 2 aromatic rings. The fourth-order valence-corrected chi connectivity index (χ4v) is 18.4. The molecule has 8 heterocycles. The molecule has 8 aliphatic rings. The quantitative estimate of drug-likeness (QED) is 0.306. The van der Waals surface area contributed by atoms with Crippen LogP contribution in [0.15, 0.2) is 36.4 Å². The highest BCUT2D eigenvalue weighted by atomic mass is 31.1. The van der Waals surface area contributed by atoms with E-state index in [1.54, 1.807) is 14.2 Å². The molecule has 0 spiro atoms. The monoisotopic (exact) mass is 672 g/mol. The zero-order valence-electron chi connectivity index (χ0n) is 29.5. The van der Waals surface area contributed by atoms with Crippen molar-refractivity contribution in [3.8, 4) is 11.5 Å². The van der Waals surface area contributed by atoms with Gasteiger partial charge in [-0.15, -0.1) is 0 Å². The Morgan fingerprint density at radius 3 is 1.33 bits per heavy atom. The lowest BCUT2D eigenvalue weighted by atomic mass is 9.98. The van der Waals surface area contributed by atoms with Gasteiger partial charge in [0.25, 0.3) is 0 Å². The molecule has 8 unspecified atom stereocenters. The zero-order chi connectivity index (χ0) is 33.3. The second kappa shape index (κ2) is 10.1. The van der Waals surface area contributed by atoms with E-state index in [0.717, 1.165) is 37.2 Å². The van der Waals surface area contributed by atoms with Gasteiger partial charge in [0.05, 0.1) is 35.6 Å². The van der Waals surface area contributed by atoms with Gasteiger partial charge in [0, 0.05) is 31.0 Å². The van der Waals surface area contributed by atoms with Crippen molar-refractivity contribution in [2.24, 2.45) is 0 Å². The third-order valence-corrected chi connectivity index (χ3v) is 16.9. The minimum Gasteiger partial charge on any atom is -0.497 e. The first-order chi connectivity index (χ1) is 21.2. The largest absolute Gasteiger partial charge is 0.497 e. The summed E-state index contributed by atoms with van der Waals surface area (Å²) in [5.41, 5.74) is 2.44. The Morgan fingerprint density at radius 1 is 0.522 bits per heavy atom. The molecule has 10 heteroatoms. The normalized spacial score (nSPS) is 47.8. The van der Waals surface area contributed by atoms with Gasteiger partial charge in [-0.2, -0.15) is 0 Å². The number of hydrogen-bond donors (Lipinski definition) is 0. The van der Waals surface area contributed by atoms with Crippen molar-refractivity contribution >= 4 is 26.5 Å². The van der Waals surface area contributed by atoms with Gasteiger partial charge in [0.1, 0.15) is 11.5 Å². The summed E-state index contributed by atoms with van der Waals surface area (Å²) in [6.45, 7) is 21.3. The number of ether oxygens (including phenoxy) is 8. The highest BCUT2D eigenvalue weighted by Crippen LogP contribution is 2.77. The minimum absolute atomic E-state index is 0.234. The van der Waals surface area contributed by atoms with Crippen molar-refractivity contribution in [1.29, 1.82) is 0 Å². The lowest BCUT2D eigenvalue weighted by Gasteiger charge is -2.69. The molecule has 0 radical (unpaired) electrons. The summed E-state index contributed by atoms with van der Waals surface area (Å²) in [7, 11) is 2.08. The standard InChI is InChI=1S/2C18H25O4P/c1-12-9-13(19-6)7-8-14(12)23-17(4)10-15(2)20-16(3,22-17)11-18(23,5)21-15;1-12-7-8-14(13(9-12)19-6)23-17(4)10-15(2)20-16(3,22-17)11-18(23,5)21-15/h2*7-9H,10-11H2,1-6H3. The van der Waals surface area contributed by atoms with E-state index in [0.29, 0.717) is 0 Å². The summed E-state index contributed by atoms with van der Waals surface area (Å²) < 4.78 is 49.3. The molecule has 46 heavy (non-hydrogen) atoms. The van der Waals surface area contributed by atoms with Crippen LogP contribution >= 0.6 is 15.8 Å². The molecule has 8 bridgehead atoms. The molecule has 0 amide bonds. The topological polar surface area (TPSA) is 73.8 Å². The molecule has 0 N–H and O–H groups in total. The second-order valence-electron chi connectivity index (χ2n) is 15.6. The third kappa shape index (κ3) is 5.09. The summed E-state index contributed by atoms with van der Waals surface area (Å²) >= 11 is 0. The molecule has 8 aliphatic heterocycles. The highest BCUT2D eigenvalue weighted by Gasteiger charge is 2.72. The Labute approximate surface area is 276 Å². The number of hydrogen-bond acceptors (Lipinski definition) is 8. The maximum absolute atomic E-state index is 6.50. The van der Waals surface area contributed by atoms with E-state index in [9.17, 15) is 0 Å². The molecule has 8 nitrogen and oxygen atoms in total. The van der Waals surface area contributed by atoms with Crippen molar-refractivity contribution in [1.82, 2.24) is 0 Å². The summed E-state index contributed by atoms with van der Waals surface area (Å²) in [5.74, 6) is -0.390. The van der Waals surface area contributed by atoms with E-state index in [1.807, 2.05) is 19.9 Å². The lowest BCUT2D eigenvalue weighted by molar-refractivity contribution is -0.468. The summed E-state index contributed by atoms with van der Waals surface area (Å²) in [6.07, 6.45) is 3.02. The van der Waals surface area contributed by atoms with Crippen LogP contribution in [0.1, 0.15) is 92.2 Å². The highest BCUT2D eigenvalue weighted by molar-refractivity contribution is 7.69. The Hall–Kier alpha value is -1.34. The third-order valence-electron chi connectivity index (χ3n) is 10.3. The van der Waals surface area contributed by atoms with Crippen LogP contribution in [0, 0.1) is 13.8 Å². The van der Waals surface area contributed by atoms with Crippen molar-refractivity contribution in [3.05, 3.63) is 47.5 Å². The predicted octanol–water partition coefficient (Wildman–Crippen LogP) is 7.69. The van der Waals surface area contributed by atoms with Crippen LogP contribution in [0.3, 0.4) is 0 Å². The van der Waals surface area contributed by atoms with Gasteiger partial charge in [-0.25, -0.2) is 0 Å². The summed E-state index contributed by atoms with van der Waals surface area (Å²) in [6, 6.07) is 12.8. The smallest absolute Gasteiger partial charge is 0.173 e. The predicted molar refractivity (Wildman–Crippen MR) is 181 cm³/mol. The maximum atomic E-state index is 6.50. The maximum Gasteiger partial charge on any atom is 0.173 e. The van der Waals surface area contributed by atoms with Crippen LogP contribution in [0.25, 0.3) is 0 Å². The van der Waals surface area contributed by atoms with E-state index in [1.165, 1.54) is 21.7 Å². The minimum atomic E-state index is -0.717. The van der Waals surface area contributed by atoms with Crippen LogP contribution in [-0.2, 0) is 28.4 Å².